The third-order valence-electron chi connectivity index (χ3n) is 3.39. The van der Waals surface area contributed by atoms with Gasteiger partial charge in [0.2, 0.25) is 0 Å². The summed E-state index contributed by atoms with van der Waals surface area (Å²) in [5.74, 6) is 1.76. The predicted molar refractivity (Wildman–Crippen MR) is 84.6 cm³/mol. The molecule has 0 spiro atoms. The topological polar surface area (TPSA) is 45.4 Å². The number of nitrogens with one attached hydrogen (secondary N) is 1. The molecular formula is C16H20BrNO2. The van der Waals surface area contributed by atoms with E-state index in [0.29, 0.717) is 6.54 Å². The van der Waals surface area contributed by atoms with Gasteiger partial charge in [-0.1, -0.05) is 22.9 Å². The van der Waals surface area contributed by atoms with Gasteiger partial charge < -0.3 is 14.8 Å². The van der Waals surface area contributed by atoms with E-state index in [1.54, 1.807) is 0 Å². The molecule has 1 heterocycles. The number of aliphatic hydroxyl groups excluding tert-OH is 1. The Labute approximate surface area is 128 Å². The van der Waals surface area contributed by atoms with E-state index in [2.05, 4.69) is 40.3 Å². The SMILES string of the molecule is CCC(CO)NCc1ccc(-c2ccc(Br)cc2C)o1. The van der Waals surface area contributed by atoms with Crippen molar-refractivity contribution >= 4 is 15.9 Å². The summed E-state index contributed by atoms with van der Waals surface area (Å²) >= 11 is 3.47. The molecule has 0 saturated heterocycles. The Hall–Kier alpha value is -1.10. The van der Waals surface area contributed by atoms with E-state index < -0.39 is 0 Å². The zero-order chi connectivity index (χ0) is 14.5. The first-order chi connectivity index (χ1) is 9.63. The summed E-state index contributed by atoms with van der Waals surface area (Å²) < 4.78 is 6.94. The number of aliphatic hydroxyl groups is 1. The van der Waals surface area contributed by atoms with Gasteiger partial charge in [-0.2, -0.15) is 0 Å². The van der Waals surface area contributed by atoms with Crippen LogP contribution in [0.1, 0.15) is 24.7 Å². The quantitative estimate of drug-likeness (QED) is 0.840. The molecule has 0 saturated carbocycles. The van der Waals surface area contributed by atoms with Gasteiger partial charge in [-0.05, 0) is 49.2 Å². The first-order valence-electron chi connectivity index (χ1n) is 6.83. The average molecular weight is 338 g/mol. The molecule has 1 unspecified atom stereocenters. The van der Waals surface area contributed by atoms with Crippen LogP contribution in [0.2, 0.25) is 0 Å². The number of hydrogen-bond acceptors (Lipinski definition) is 3. The largest absolute Gasteiger partial charge is 0.460 e. The molecule has 0 fully saturated rings. The second-order valence-electron chi connectivity index (χ2n) is 4.89. The van der Waals surface area contributed by atoms with Gasteiger partial charge in [0.25, 0.3) is 0 Å². The fourth-order valence-corrected chi connectivity index (χ4v) is 2.58. The molecule has 2 rings (SSSR count). The lowest BCUT2D eigenvalue weighted by Crippen LogP contribution is -2.30. The van der Waals surface area contributed by atoms with Crippen molar-refractivity contribution in [3.8, 4) is 11.3 Å². The molecule has 2 N–H and O–H groups in total. The Balaban J connectivity index is 2.08. The van der Waals surface area contributed by atoms with E-state index in [0.717, 1.165) is 28.0 Å². The van der Waals surface area contributed by atoms with Crippen molar-refractivity contribution in [3.05, 3.63) is 46.1 Å². The van der Waals surface area contributed by atoms with Crippen LogP contribution in [0.4, 0.5) is 0 Å². The summed E-state index contributed by atoms with van der Waals surface area (Å²) in [6.45, 7) is 4.90. The lowest BCUT2D eigenvalue weighted by molar-refractivity contribution is 0.235. The Kier molecular flexibility index (Phi) is 5.40. The van der Waals surface area contributed by atoms with Crippen LogP contribution in [-0.2, 0) is 6.54 Å². The van der Waals surface area contributed by atoms with Gasteiger partial charge in [-0.15, -0.1) is 0 Å². The molecule has 2 aromatic rings. The standard InChI is InChI=1S/C16H20BrNO2/c1-3-13(10-19)18-9-14-5-7-16(20-14)15-6-4-12(17)8-11(15)2/h4-8,13,18-19H,3,9-10H2,1-2H3. The molecule has 0 aliphatic rings. The number of rotatable bonds is 6. The van der Waals surface area contributed by atoms with Crippen LogP contribution in [0, 0.1) is 6.92 Å². The second-order valence-corrected chi connectivity index (χ2v) is 5.81. The van der Waals surface area contributed by atoms with Crippen molar-refractivity contribution in [2.24, 2.45) is 0 Å². The number of hydrogen-bond donors (Lipinski definition) is 2. The monoisotopic (exact) mass is 337 g/mol. The molecule has 4 heteroatoms. The molecule has 1 atom stereocenters. The third kappa shape index (κ3) is 3.72. The maximum absolute atomic E-state index is 9.15. The number of furan rings is 1. The Morgan fingerprint density at radius 1 is 1.30 bits per heavy atom. The smallest absolute Gasteiger partial charge is 0.134 e. The first-order valence-corrected chi connectivity index (χ1v) is 7.62. The van der Waals surface area contributed by atoms with Gasteiger partial charge in [-0.3, -0.25) is 0 Å². The van der Waals surface area contributed by atoms with Crippen molar-refractivity contribution < 1.29 is 9.52 Å². The zero-order valence-corrected chi connectivity index (χ0v) is 13.4. The molecule has 108 valence electrons. The molecule has 0 aliphatic carbocycles. The van der Waals surface area contributed by atoms with Gasteiger partial charge in [-0.25, -0.2) is 0 Å². The summed E-state index contributed by atoms with van der Waals surface area (Å²) in [5, 5.41) is 12.4. The molecular weight excluding hydrogens is 318 g/mol. The van der Waals surface area contributed by atoms with Crippen molar-refractivity contribution in [2.45, 2.75) is 32.9 Å². The van der Waals surface area contributed by atoms with Crippen LogP contribution in [0.15, 0.2) is 39.2 Å². The third-order valence-corrected chi connectivity index (χ3v) is 3.89. The molecule has 1 aromatic carbocycles. The maximum atomic E-state index is 9.15. The Bertz CT molecular complexity index is 561. The minimum atomic E-state index is 0.123. The van der Waals surface area contributed by atoms with Crippen LogP contribution in [0.25, 0.3) is 11.3 Å². The number of aryl methyl sites for hydroxylation is 1. The zero-order valence-electron chi connectivity index (χ0n) is 11.8. The van der Waals surface area contributed by atoms with Crippen molar-refractivity contribution in [1.29, 1.82) is 0 Å². The Morgan fingerprint density at radius 2 is 2.10 bits per heavy atom. The van der Waals surface area contributed by atoms with E-state index >= 15 is 0 Å². The molecule has 1 aromatic heterocycles. The molecule has 0 aliphatic heterocycles. The summed E-state index contributed by atoms with van der Waals surface area (Å²) in [6.07, 6.45) is 0.899. The highest BCUT2D eigenvalue weighted by atomic mass is 79.9. The van der Waals surface area contributed by atoms with Crippen LogP contribution >= 0.6 is 15.9 Å². The van der Waals surface area contributed by atoms with Gasteiger partial charge in [0.15, 0.2) is 0 Å². The molecule has 3 nitrogen and oxygen atoms in total. The molecule has 0 bridgehead atoms. The van der Waals surface area contributed by atoms with Crippen LogP contribution in [-0.4, -0.2) is 17.8 Å². The second kappa shape index (κ2) is 7.07. The fraction of sp³-hybridized carbons (Fsp3) is 0.375. The van der Waals surface area contributed by atoms with Crippen LogP contribution in [0.3, 0.4) is 0 Å². The maximum Gasteiger partial charge on any atom is 0.134 e. The number of halogens is 1. The minimum absolute atomic E-state index is 0.123. The number of benzene rings is 1. The lowest BCUT2D eigenvalue weighted by atomic mass is 10.1. The van der Waals surface area contributed by atoms with E-state index in [1.807, 2.05) is 25.1 Å². The van der Waals surface area contributed by atoms with E-state index in [4.69, 9.17) is 9.52 Å². The predicted octanol–water partition coefficient (Wildman–Crippen LogP) is 3.88. The summed E-state index contributed by atoms with van der Waals surface area (Å²) in [7, 11) is 0. The van der Waals surface area contributed by atoms with Gasteiger partial charge >= 0.3 is 0 Å². The minimum Gasteiger partial charge on any atom is -0.460 e. The molecule has 0 amide bonds. The Morgan fingerprint density at radius 3 is 2.75 bits per heavy atom. The normalized spacial score (nSPS) is 12.6. The van der Waals surface area contributed by atoms with Gasteiger partial charge in [0.1, 0.15) is 11.5 Å². The fourth-order valence-electron chi connectivity index (χ4n) is 2.10. The van der Waals surface area contributed by atoms with E-state index in [1.165, 1.54) is 5.56 Å². The van der Waals surface area contributed by atoms with Gasteiger partial charge in [0.05, 0.1) is 13.2 Å². The summed E-state index contributed by atoms with van der Waals surface area (Å²) in [6, 6.07) is 10.2. The first kappa shape index (κ1) is 15.3. The van der Waals surface area contributed by atoms with Crippen molar-refractivity contribution in [3.63, 3.8) is 0 Å². The highest BCUT2D eigenvalue weighted by Gasteiger charge is 2.09. The highest BCUT2D eigenvalue weighted by Crippen LogP contribution is 2.27. The molecule has 20 heavy (non-hydrogen) atoms. The molecule has 0 radical (unpaired) electrons. The van der Waals surface area contributed by atoms with Crippen molar-refractivity contribution in [1.82, 2.24) is 5.32 Å². The van der Waals surface area contributed by atoms with Crippen LogP contribution < -0.4 is 5.32 Å². The summed E-state index contributed by atoms with van der Waals surface area (Å²) in [5.41, 5.74) is 2.28. The van der Waals surface area contributed by atoms with E-state index in [9.17, 15) is 0 Å². The van der Waals surface area contributed by atoms with E-state index in [-0.39, 0.29) is 12.6 Å². The van der Waals surface area contributed by atoms with Gasteiger partial charge in [0, 0.05) is 16.1 Å². The van der Waals surface area contributed by atoms with Crippen molar-refractivity contribution in [2.75, 3.05) is 6.61 Å². The summed E-state index contributed by atoms with van der Waals surface area (Å²) in [4.78, 5) is 0. The highest BCUT2D eigenvalue weighted by molar-refractivity contribution is 9.10. The average Bonchev–Trinajstić information content (AvgIpc) is 2.88. The lowest BCUT2D eigenvalue weighted by Gasteiger charge is -2.12. The van der Waals surface area contributed by atoms with Crippen LogP contribution in [0.5, 0.6) is 0 Å².